The highest BCUT2D eigenvalue weighted by atomic mass is 35.5. The third-order valence-corrected chi connectivity index (χ3v) is 8.95. The lowest BCUT2D eigenvalue weighted by Gasteiger charge is -2.33. The number of hydrogen-bond acceptors (Lipinski definition) is 5. The van der Waals surface area contributed by atoms with Crippen LogP contribution in [0, 0.1) is 13.8 Å². The van der Waals surface area contributed by atoms with Crippen LogP contribution in [0.25, 0.3) is 0 Å². The van der Waals surface area contributed by atoms with Gasteiger partial charge in [0.25, 0.3) is 0 Å². The second-order valence-electron chi connectivity index (χ2n) is 6.39. The van der Waals surface area contributed by atoms with E-state index in [1.54, 1.807) is 33.0 Å². The predicted molar refractivity (Wildman–Crippen MR) is 102 cm³/mol. The van der Waals surface area contributed by atoms with E-state index in [1.807, 2.05) is 0 Å². The van der Waals surface area contributed by atoms with E-state index in [-0.39, 0.29) is 36.0 Å². The molecule has 0 spiro atoms. The van der Waals surface area contributed by atoms with Gasteiger partial charge in [0.2, 0.25) is 20.0 Å². The summed E-state index contributed by atoms with van der Waals surface area (Å²) in [5.74, 6) is 0. The Labute approximate surface area is 164 Å². The van der Waals surface area contributed by atoms with Crippen molar-refractivity contribution in [3.8, 4) is 0 Å². The molecular weight excluding hydrogens is 412 g/mol. The number of piperazine rings is 1. The quantitative estimate of drug-likeness (QED) is 0.727. The average molecular weight is 433 g/mol. The molecule has 0 unspecified atom stereocenters. The smallest absolute Gasteiger partial charge is 0.246 e. The number of aromatic nitrogens is 2. The van der Waals surface area contributed by atoms with Gasteiger partial charge in [-0.25, -0.2) is 16.8 Å². The largest absolute Gasteiger partial charge is 0.271 e. The summed E-state index contributed by atoms with van der Waals surface area (Å²) >= 11 is 5.89. The van der Waals surface area contributed by atoms with E-state index < -0.39 is 20.0 Å². The molecule has 2 heterocycles. The van der Waals surface area contributed by atoms with Crippen molar-refractivity contribution in [1.82, 2.24) is 18.4 Å². The van der Waals surface area contributed by atoms with E-state index in [1.165, 1.54) is 25.4 Å². The van der Waals surface area contributed by atoms with Crippen LogP contribution in [0.1, 0.15) is 11.4 Å². The summed E-state index contributed by atoms with van der Waals surface area (Å²) < 4.78 is 55.7. The molecule has 0 atom stereocenters. The topological polar surface area (TPSA) is 92.6 Å². The lowest BCUT2D eigenvalue weighted by atomic mass is 10.4. The van der Waals surface area contributed by atoms with Crippen LogP contribution < -0.4 is 0 Å². The van der Waals surface area contributed by atoms with Gasteiger partial charge in [-0.3, -0.25) is 4.68 Å². The molecule has 1 saturated heterocycles. The van der Waals surface area contributed by atoms with Gasteiger partial charge >= 0.3 is 0 Å². The number of hydrogen-bond donors (Lipinski definition) is 0. The Kier molecular flexibility index (Phi) is 5.39. The van der Waals surface area contributed by atoms with Crippen LogP contribution in [-0.2, 0) is 27.1 Å². The Hall–Kier alpha value is -1.46. The van der Waals surface area contributed by atoms with Crippen molar-refractivity contribution in [2.24, 2.45) is 7.05 Å². The molecule has 0 aliphatic carbocycles. The van der Waals surface area contributed by atoms with E-state index in [2.05, 4.69) is 5.10 Å². The monoisotopic (exact) mass is 432 g/mol. The SMILES string of the molecule is Cc1nn(C)c(C)c1S(=O)(=O)N1CCN(S(=O)(=O)c2cccc(Cl)c2)CC1. The molecule has 1 fully saturated rings. The van der Waals surface area contributed by atoms with Gasteiger partial charge in [-0.2, -0.15) is 13.7 Å². The van der Waals surface area contributed by atoms with E-state index in [0.717, 1.165) is 0 Å². The van der Waals surface area contributed by atoms with Gasteiger partial charge in [-0.15, -0.1) is 0 Å². The zero-order chi connectivity index (χ0) is 20.0. The Balaban J connectivity index is 1.81. The molecule has 1 aliphatic rings. The van der Waals surface area contributed by atoms with Crippen molar-refractivity contribution < 1.29 is 16.8 Å². The summed E-state index contributed by atoms with van der Waals surface area (Å²) in [5.41, 5.74) is 0.991. The molecule has 148 valence electrons. The van der Waals surface area contributed by atoms with Crippen LogP contribution in [-0.4, -0.2) is 61.4 Å². The summed E-state index contributed by atoms with van der Waals surface area (Å²) in [4.78, 5) is 0.293. The lowest BCUT2D eigenvalue weighted by Crippen LogP contribution is -2.50. The maximum atomic E-state index is 13.0. The van der Waals surface area contributed by atoms with Gasteiger partial charge in [-0.05, 0) is 32.0 Å². The second-order valence-corrected chi connectivity index (χ2v) is 10.6. The Morgan fingerprint density at radius 3 is 2.00 bits per heavy atom. The Bertz CT molecular complexity index is 1070. The molecule has 1 aromatic heterocycles. The first-order valence-electron chi connectivity index (χ1n) is 8.31. The fourth-order valence-corrected chi connectivity index (χ4v) is 6.73. The minimum absolute atomic E-state index is 0.0758. The molecule has 1 aliphatic heterocycles. The predicted octanol–water partition coefficient (Wildman–Crippen LogP) is 1.39. The second kappa shape index (κ2) is 7.17. The van der Waals surface area contributed by atoms with Gasteiger partial charge < -0.3 is 0 Å². The number of benzene rings is 1. The molecule has 0 N–H and O–H groups in total. The molecule has 3 rings (SSSR count). The first kappa shape index (κ1) is 20.3. The zero-order valence-corrected chi connectivity index (χ0v) is 17.6. The summed E-state index contributed by atoms with van der Waals surface area (Å²) in [6.07, 6.45) is 0. The zero-order valence-electron chi connectivity index (χ0n) is 15.3. The number of rotatable bonds is 4. The van der Waals surface area contributed by atoms with E-state index in [9.17, 15) is 16.8 Å². The summed E-state index contributed by atoms with van der Waals surface area (Å²) in [7, 11) is -5.76. The van der Waals surface area contributed by atoms with Crippen LogP contribution in [0.2, 0.25) is 5.02 Å². The number of nitrogens with zero attached hydrogens (tertiary/aromatic N) is 4. The molecule has 0 amide bonds. The molecule has 0 saturated carbocycles. The van der Waals surface area contributed by atoms with Gasteiger partial charge in [-0.1, -0.05) is 17.7 Å². The highest BCUT2D eigenvalue weighted by Crippen LogP contribution is 2.26. The molecular formula is C16H21ClN4O4S2. The summed E-state index contributed by atoms with van der Waals surface area (Å²) in [5, 5.41) is 4.50. The van der Waals surface area contributed by atoms with Crippen molar-refractivity contribution in [3.63, 3.8) is 0 Å². The highest BCUT2D eigenvalue weighted by Gasteiger charge is 2.36. The van der Waals surface area contributed by atoms with Crippen LogP contribution in [0.5, 0.6) is 0 Å². The number of sulfonamides is 2. The Morgan fingerprint density at radius 1 is 0.963 bits per heavy atom. The third-order valence-electron chi connectivity index (χ3n) is 4.67. The first-order chi connectivity index (χ1) is 12.5. The van der Waals surface area contributed by atoms with Crippen molar-refractivity contribution in [1.29, 1.82) is 0 Å². The van der Waals surface area contributed by atoms with E-state index >= 15 is 0 Å². The summed E-state index contributed by atoms with van der Waals surface area (Å²) in [6, 6.07) is 6.04. The highest BCUT2D eigenvalue weighted by molar-refractivity contribution is 7.89. The molecule has 0 radical (unpaired) electrons. The molecule has 2 aromatic rings. The minimum Gasteiger partial charge on any atom is -0.271 e. The first-order valence-corrected chi connectivity index (χ1v) is 11.6. The van der Waals surface area contributed by atoms with Gasteiger partial charge in [0.15, 0.2) is 0 Å². The van der Waals surface area contributed by atoms with E-state index in [4.69, 9.17) is 11.6 Å². The van der Waals surface area contributed by atoms with Crippen molar-refractivity contribution in [2.45, 2.75) is 23.6 Å². The van der Waals surface area contributed by atoms with Gasteiger partial charge in [0.05, 0.1) is 16.3 Å². The number of aryl methyl sites for hydroxylation is 2. The van der Waals surface area contributed by atoms with Crippen LogP contribution in [0.15, 0.2) is 34.1 Å². The Morgan fingerprint density at radius 2 is 1.52 bits per heavy atom. The summed E-state index contributed by atoms with van der Waals surface area (Å²) in [6.45, 7) is 3.66. The van der Waals surface area contributed by atoms with Crippen LogP contribution in [0.4, 0.5) is 0 Å². The van der Waals surface area contributed by atoms with Crippen molar-refractivity contribution in [2.75, 3.05) is 26.2 Å². The number of halogens is 1. The van der Waals surface area contributed by atoms with Gasteiger partial charge in [0, 0.05) is 38.2 Å². The maximum Gasteiger partial charge on any atom is 0.246 e. The van der Waals surface area contributed by atoms with Crippen LogP contribution >= 0.6 is 11.6 Å². The van der Waals surface area contributed by atoms with Gasteiger partial charge in [0.1, 0.15) is 4.90 Å². The molecule has 1 aromatic carbocycles. The van der Waals surface area contributed by atoms with E-state index in [0.29, 0.717) is 16.4 Å². The van der Waals surface area contributed by atoms with Crippen LogP contribution in [0.3, 0.4) is 0 Å². The third kappa shape index (κ3) is 3.64. The maximum absolute atomic E-state index is 13.0. The lowest BCUT2D eigenvalue weighted by molar-refractivity contribution is 0.272. The average Bonchev–Trinajstić information content (AvgIpc) is 2.87. The fraction of sp³-hybridized carbons (Fsp3) is 0.438. The molecule has 27 heavy (non-hydrogen) atoms. The fourth-order valence-electron chi connectivity index (χ4n) is 3.18. The molecule has 0 bridgehead atoms. The normalized spacial score (nSPS) is 17.3. The molecule has 8 nitrogen and oxygen atoms in total. The van der Waals surface area contributed by atoms with Crippen molar-refractivity contribution >= 4 is 31.6 Å². The standard InChI is InChI=1S/C16H21ClN4O4S2/c1-12-16(13(2)19(3)18-12)27(24,25)21-9-7-20(8-10-21)26(22,23)15-6-4-5-14(17)11-15/h4-6,11H,7-10H2,1-3H3. The molecule has 11 heteroatoms. The minimum atomic E-state index is -3.74. The van der Waals surface area contributed by atoms with Crippen molar-refractivity contribution in [3.05, 3.63) is 40.7 Å².